The molecule has 4 fully saturated rings. The Balaban J connectivity index is 1.32. The summed E-state index contributed by atoms with van der Waals surface area (Å²) >= 11 is 0. The van der Waals surface area contributed by atoms with Crippen LogP contribution in [0.4, 0.5) is 0 Å². The number of pyridine rings is 1. The Labute approximate surface area is 300 Å². The topological polar surface area (TPSA) is 102 Å². The largest absolute Gasteiger partial charge is 0.462 e. The molecule has 0 bridgehead atoms. The Bertz CT molecular complexity index is 1620. The molecule has 1 N–H and O–H groups in total. The van der Waals surface area contributed by atoms with Crippen molar-refractivity contribution in [3.63, 3.8) is 0 Å². The number of Topliss-reactive ketones (excluding diaryl/α,β-unsaturated/α-hetero) is 1. The van der Waals surface area contributed by atoms with E-state index in [1.165, 1.54) is 5.57 Å². The fourth-order valence-electron chi connectivity index (χ4n) is 12.8. The number of ether oxygens (including phenoxy) is 1. The zero-order valence-corrected chi connectivity index (χ0v) is 32.7. The number of hydrogen-bond donors (Lipinski definition) is 1. The first-order valence-corrected chi connectivity index (χ1v) is 19.4. The molecule has 7 heteroatoms. The lowest BCUT2D eigenvalue weighted by Gasteiger charge is -2.72. The second-order valence-electron chi connectivity index (χ2n) is 19.5. The van der Waals surface area contributed by atoms with Crippen molar-refractivity contribution in [3.8, 4) is 0 Å². The molecular formula is C43H62N2O5. The maximum atomic E-state index is 14.0. The minimum Gasteiger partial charge on any atom is -0.462 e. The second kappa shape index (κ2) is 12.1. The molecule has 6 rings (SSSR count). The number of fused-ring (bicyclic) bond motifs is 7. The SMILES string of the molecule is Cc1cc(C(=O)N[C@@]23CC[C@]4(C)[C@H](CC[C@@H]5[C@@]6(C)CC[C@H](OC(=O)CC(C)(C)C=O)C(C)(C)[C@@H]6CC[C@]54C)C2=C(C(C)C)C(=O)C3)cc(C)n1. The number of nitrogens with one attached hydrogen (secondary N) is 1. The highest BCUT2D eigenvalue weighted by Crippen LogP contribution is 2.76. The Kier molecular flexibility index (Phi) is 8.95. The molecule has 1 aromatic heterocycles. The van der Waals surface area contributed by atoms with Crippen molar-refractivity contribution in [2.24, 2.45) is 50.7 Å². The summed E-state index contributed by atoms with van der Waals surface area (Å²) in [5.41, 5.74) is 3.03. The molecule has 0 unspecified atom stereocenters. The maximum absolute atomic E-state index is 14.0. The Morgan fingerprint density at radius 2 is 1.60 bits per heavy atom. The van der Waals surface area contributed by atoms with Crippen LogP contribution in [0.15, 0.2) is 23.3 Å². The summed E-state index contributed by atoms with van der Waals surface area (Å²) in [6.07, 6.45) is 9.02. The van der Waals surface area contributed by atoms with E-state index in [0.717, 1.165) is 74.6 Å². The number of esters is 1. The van der Waals surface area contributed by atoms with Gasteiger partial charge in [0.05, 0.1) is 12.0 Å². The van der Waals surface area contributed by atoms with Crippen LogP contribution in [-0.4, -0.2) is 40.6 Å². The van der Waals surface area contributed by atoms with Gasteiger partial charge in [-0.3, -0.25) is 19.4 Å². The number of hydrogen-bond acceptors (Lipinski definition) is 6. The van der Waals surface area contributed by atoms with Crippen molar-refractivity contribution in [3.05, 3.63) is 40.2 Å². The number of carbonyl (C=O) groups excluding carboxylic acids is 4. The van der Waals surface area contributed by atoms with Crippen LogP contribution >= 0.6 is 0 Å². The molecular weight excluding hydrogens is 624 g/mol. The quantitative estimate of drug-likeness (QED) is 0.228. The molecule has 1 heterocycles. The molecule has 0 radical (unpaired) electrons. The number of ketones is 1. The molecule has 7 nitrogen and oxygen atoms in total. The van der Waals surface area contributed by atoms with Gasteiger partial charge in [0.15, 0.2) is 5.78 Å². The zero-order chi connectivity index (χ0) is 36.8. The highest BCUT2D eigenvalue weighted by molar-refractivity contribution is 6.03. The summed E-state index contributed by atoms with van der Waals surface area (Å²) in [6, 6.07) is 3.70. The summed E-state index contributed by atoms with van der Waals surface area (Å²) in [7, 11) is 0. The first-order valence-electron chi connectivity index (χ1n) is 19.4. The first kappa shape index (κ1) is 36.9. The first-order chi connectivity index (χ1) is 23.1. The monoisotopic (exact) mass is 686 g/mol. The number of amides is 1. The third kappa shape index (κ3) is 5.54. The van der Waals surface area contributed by atoms with Crippen LogP contribution in [0.3, 0.4) is 0 Å². The van der Waals surface area contributed by atoms with Crippen LogP contribution in [0.2, 0.25) is 0 Å². The second-order valence-corrected chi connectivity index (χ2v) is 19.5. The van der Waals surface area contributed by atoms with E-state index in [1.807, 2.05) is 26.0 Å². The molecule has 0 aromatic carbocycles. The third-order valence-corrected chi connectivity index (χ3v) is 15.3. The molecule has 4 saturated carbocycles. The third-order valence-electron chi connectivity index (χ3n) is 15.3. The van der Waals surface area contributed by atoms with Crippen molar-refractivity contribution >= 4 is 23.9 Å². The van der Waals surface area contributed by atoms with Crippen LogP contribution in [0.25, 0.3) is 0 Å². The highest BCUT2D eigenvalue weighted by Gasteiger charge is 2.70. The molecule has 5 aliphatic carbocycles. The molecule has 5 aliphatic rings. The summed E-state index contributed by atoms with van der Waals surface area (Å²) in [5.74, 6) is 1.06. The number of allylic oxidation sites excluding steroid dienone is 1. The number of aldehydes is 1. The molecule has 0 aliphatic heterocycles. The minimum atomic E-state index is -0.725. The van der Waals surface area contributed by atoms with Crippen LogP contribution in [-0.2, 0) is 19.1 Å². The number of rotatable bonds is 7. The van der Waals surface area contributed by atoms with Gasteiger partial charge in [-0.2, -0.15) is 0 Å². The van der Waals surface area contributed by atoms with Crippen LogP contribution in [0.5, 0.6) is 0 Å². The molecule has 274 valence electrons. The highest BCUT2D eigenvalue weighted by atomic mass is 16.5. The number of carbonyl (C=O) groups is 4. The Morgan fingerprint density at radius 3 is 2.22 bits per heavy atom. The van der Waals surface area contributed by atoms with Gasteiger partial charge in [-0.25, -0.2) is 0 Å². The molecule has 0 spiro atoms. The van der Waals surface area contributed by atoms with E-state index in [2.05, 4.69) is 58.8 Å². The van der Waals surface area contributed by atoms with Crippen molar-refractivity contribution < 1.29 is 23.9 Å². The molecule has 1 aromatic rings. The van der Waals surface area contributed by atoms with Crippen LogP contribution < -0.4 is 5.32 Å². The van der Waals surface area contributed by atoms with Gasteiger partial charge in [0.1, 0.15) is 12.4 Å². The predicted octanol–water partition coefficient (Wildman–Crippen LogP) is 8.69. The number of aryl methyl sites for hydroxylation is 2. The average Bonchev–Trinajstić information content (AvgIpc) is 3.30. The van der Waals surface area contributed by atoms with Gasteiger partial charge in [0.25, 0.3) is 5.91 Å². The van der Waals surface area contributed by atoms with Crippen molar-refractivity contribution in [1.29, 1.82) is 0 Å². The van der Waals surface area contributed by atoms with E-state index in [9.17, 15) is 19.2 Å². The molecule has 50 heavy (non-hydrogen) atoms. The van der Waals surface area contributed by atoms with Crippen LogP contribution in [0.1, 0.15) is 148 Å². The number of nitrogens with zero attached hydrogens (tertiary/aromatic N) is 1. The zero-order valence-electron chi connectivity index (χ0n) is 32.7. The maximum Gasteiger partial charge on any atom is 0.307 e. The molecule has 8 atom stereocenters. The van der Waals surface area contributed by atoms with Gasteiger partial charge < -0.3 is 14.8 Å². The summed E-state index contributed by atoms with van der Waals surface area (Å²) in [6.45, 7) is 23.9. The van der Waals surface area contributed by atoms with Gasteiger partial charge >= 0.3 is 5.97 Å². The minimum absolute atomic E-state index is 0.0179. The summed E-state index contributed by atoms with van der Waals surface area (Å²) < 4.78 is 6.21. The van der Waals surface area contributed by atoms with E-state index in [1.54, 1.807) is 13.8 Å². The molecule has 1 amide bonds. The van der Waals surface area contributed by atoms with E-state index in [4.69, 9.17) is 4.74 Å². The van der Waals surface area contributed by atoms with Gasteiger partial charge in [0.2, 0.25) is 0 Å². The van der Waals surface area contributed by atoms with Gasteiger partial charge in [-0.1, -0.05) is 62.3 Å². The van der Waals surface area contributed by atoms with E-state index in [0.29, 0.717) is 23.8 Å². The Hall–Kier alpha value is -2.83. The summed E-state index contributed by atoms with van der Waals surface area (Å²) in [5, 5.41) is 3.51. The van der Waals surface area contributed by atoms with E-state index >= 15 is 0 Å². The normalized spacial score (nSPS) is 37.7. The predicted molar refractivity (Wildman–Crippen MR) is 195 cm³/mol. The smallest absolute Gasteiger partial charge is 0.307 e. The summed E-state index contributed by atoms with van der Waals surface area (Å²) in [4.78, 5) is 57.0. The average molecular weight is 687 g/mol. The lowest BCUT2D eigenvalue weighted by molar-refractivity contribution is -0.232. The molecule has 0 saturated heterocycles. The standard InChI is InChI=1S/C43H62N2O5/c1-25(2)35-30(47)22-43(45-37(49)28-20-26(3)44-27(4)21-28)19-18-41(10)29(36(35)43)12-13-32-40(9)16-15-33(50-34(48)23-38(5,6)24-46)39(7,8)31(40)14-17-42(32,41)11/h20-21,24-25,29,31-33H,12-19,22-23H2,1-11H3,(H,45,49)/t29-,31+,32-,33+,40+,41-,42-,43-/m1/s1. The lowest BCUT2D eigenvalue weighted by atomic mass is 9.33. The van der Waals surface area contributed by atoms with Crippen LogP contribution in [0, 0.1) is 64.6 Å². The van der Waals surface area contributed by atoms with Crippen molar-refractivity contribution in [2.75, 3.05) is 0 Å². The van der Waals surface area contributed by atoms with Gasteiger partial charge in [0, 0.05) is 34.2 Å². The number of aromatic nitrogens is 1. The van der Waals surface area contributed by atoms with Crippen molar-refractivity contribution in [2.45, 2.75) is 152 Å². The van der Waals surface area contributed by atoms with Gasteiger partial charge in [-0.15, -0.1) is 0 Å². The van der Waals surface area contributed by atoms with E-state index in [-0.39, 0.29) is 63.7 Å². The fraction of sp³-hybridized carbons (Fsp3) is 0.744. The fourth-order valence-corrected chi connectivity index (χ4v) is 12.8. The van der Waals surface area contributed by atoms with Gasteiger partial charge in [-0.05, 0) is 128 Å². The van der Waals surface area contributed by atoms with Crippen molar-refractivity contribution in [1.82, 2.24) is 10.3 Å². The van der Waals surface area contributed by atoms with E-state index < -0.39 is 11.0 Å². The lowest BCUT2D eigenvalue weighted by Crippen LogP contribution is -2.67. The Morgan fingerprint density at radius 1 is 0.940 bits per heavy atom.